The van der Waals surface area contributed by atoms with Crippen molar-refractivity contribution in [3.8, 4) is 0 Å². The molecule has 0 aliphatic carbocycles. The number of likely N-dealkylation sites (tertiary alicyclic amines) is 1. The first-order chi connectivity index (χ1) is 8.36. The minimum absolute atomic E-state index is 0. The summed E-state index contributed by atoms with van der Waals surface area (Å²) >= 11 is 0. The van der Waals surface area contributed by atoms with E-state index >= 15 is 0 Å². The van der Waals surface area contributed by atoms with Crippen molar-refractivity contribution >= 4 is 30.7 Å². The van der Waals surface area contributed by atoms with Crippen LogP contribution in [0, 0.1) is 5.92 Å². The second-order valence-corrected chi connectivity index (χ2v) is 5.24. The lowest BCUT2D eigenvalue weighted by Crippen LogP contribution is -2.43. The molecule has 0 aromatic heterocycles. The van der Waals surface area contributed by atoms with E-state index < -0.39 is 0 Å². The summed E-state index contributed by atoms with van der Waals surface area (Å²) in [5, 5.41) is 6.36. The molecule has 2 saturated heterocycles. The van der Waals surface area contributed by atoms with E-state index in [4.69, 9.17) is 0 Å². The minimum atomic E-state index is 0. The number of carbonyl (C=O) groups excluding carboxylic acids is 1. The summed E-state index contributed by atoms with van der Waals surface area (Å²) in [5.74, 6) is 0.444. The molecule has 1 amide bonds. The van der Waals surface area contributed by atoms with Gasteiger partial charge >= 0.3 is 0 Å². The van der Waals surface area contributed by atoms with Crippen molar-refractivity contribution < 1.29 is 4.79 Å². The van der Waals surface area contributed by atoms with Gasteiger partial charge in [0, 0.05) is 19.6 Å². The minimum Gasteiger partial charge on any atom is -0.355 e. The van der Waals surface area contributed by atoms with E-state index in [1.54, 1.807) is 0 Å². The molecular formula is C13H27Cl2N3O. The summed E-state index contributed by atoms with van der Waals surface area (Å²) in [4.78, 5) is 14.3. The fourth-order valence-corrected chi connectivity index (χ4v) is 2.74. The lowest BCUT2D eigenvalue weighted by atomic mass is 9.99. The number of hydrogen-bond donors (Lipinski definition) is 2. The van der Waals surface area contributed by atoms with E-state index in [9.17, 15) is 4.79 Å². The standard InChI is InChI=1S/C13H25N3O.2ClH/c17-13(12-5-4-6-14-11-12)15-7-10-16-8-2-1-3-9-16;;/h12,14H,1-11H2,(H,15,17);2*1H/t12-;;/m1../s1. The van der Waals surface area contributed by atoms with Crippen LogP contribution in [0.5, 0.6) is 0 Å². The summed E-state index contributed by atoms with van der Waals surface area (Å²) in [6, 6.07) is 0. The topological polar surface area (TPSA) is 44.4 Å². The third kappa shape index (κ3) is 6.80. The Morgan fingerprint density at radius 2 is 1.89 bits per heavy atom. The van der Waals surface area contributed by atoms with Gasteiger partial charge in [-0.05, 0) is 45.3 Å². The van der Waals surface area contributed by atoms with Crippen LogP contribution in [0.1, 0.15) is 32.1 Å². The Balaban J connectivity index is 0.00000162. The maximum atomic E-state index is 11.9. The maximum Gasteiger partial charge on any atom is 0.224 e. The van der Waals surface area contributed by atoms with E-state index in [0.29, 0.717) is 0 Å². The number of amides is 1. The Kier molecular flexibility index (Phi) is 10.7. The Hall–Kier alpha value is -0.0300. The number of carbonyl (C=O) groups is 1. The number of nitrogens with zero attached hydrogens (tertiary/aromatic N) is 1. The van der Waals surface area contributed by atoms with Crippen LogP contribution in [0.2, 0.25) is 0 Å². The second-order valence-electron chi connectivity index (χ2n) is 5.24. The summed E-state index contributed by atoms with van der Waals surface area (Å²) in [5.41, 5.74) is 0. The first-order valence-electron chi connectivity index (χ1n) is 7.07. The summed E-state index contributed by atoms with van der Waals surface area (Å²) in [7, 11) is 0. The van der Waals surface area contributed by atoms with Gasteiger partial charge in [0.05, 0.1) is 5.92 Å². The molecule has 114 valence electrons. The van der Waals surface area contributed by atoms with Crippen LogP contribution in [-0.2, 0) is 4.79 Å². The number of piperidine rings is 2. The van der Waals surface area contributed by atoms with Crippen molar-refractivity contribution in [1.82, 2.24) is 15.5 Å². The van der Waals surface area contributed by atoms with Crippen molar-refractivity contribution in [1.29, 1.82) is 0 Å². The highest BCUT2D eigenvalue weighted by atomic mass is 35.5. The van der Waals surface area contributed by atoms with Crippen LogP contribution in [0.4, 0.5) is 0 Å². The molecule has 6 heteroatoms. The summed E-state index contributed by atoms with van der Waals surface area (Å²) in [6.07, 6.45) is 6.18. The molecule has 1 atom stereocenters. The predicted molar refractivity (Wildman–Crippen MR) is 83.4 cm³/mol. The zero-order valence-corrected chi connectivity index (χ0v) is 13.2. The molecule has 0 saturated carbocycles. The summed E-state index contributed by atoms with van der Waals surface area (Å²) < 4.78 is 0. The molecule has 2 N–H and O–H groups in total. The Bertz CT molecular complexity index is 242. The van der Waals surface area contributed by atoms with Crippen LogP contribution >= 0.6 is 24.8 Å². The number of rotatable bonds is 4. The number of hydrogen-bond acceptors (Lipinski definition) is 3. The van der Waals surface area contributed by atoms with Gasteiger partial charge in [-0.2, -0.15) is 0 Å². The third-order valence-electron chi connectivity index (χ3n) is 3.84. The molecule has 2 heterocycles. The second kappa shape index (κ2) is 10.7. The predicted octanol–water partition coefficient (Wildman–Crippen LogP) is 1.43. The van der Waals surface area contributed by atoms with Crippen LogP contribution in [-0.4, -0.2) is 50.1 Å². The van der Waals surface area contributed by atoms with Gasteiger partial charge < -0.3 is 15.5 Å². The molecule has 0 bridgehead atoms. The quantitative estimate of drug-likeness (QED) is 0.825. The molecule has 2 rings (SSSR count). The monoisotopic (exact) mass is 311 g/mol. The van der Waals surface area contributed by atoms with Crippen LogP contribution in [0.25, 0.3) is 0 Å². The molecule has 2 fully saturated rings. The highest BCUT2D eigenvalue weighted by molar-refractivity contribution is 5.85. The van der Waals surface area contributed by atoms with Gasteiger partial charge in [-0.3, -0.25) is 4.79 Å². The van der Waals surface area contributed by atoms with Gasteiger partial charge in [0.2, 0.25) is 5.91 Å². The fourth-order valence-electron chi connectivity index (χ4n) is 2.74. The maximum absolute atomic E-state index is 11.9. The van der Waals surface area contributed by atoms with Crippen LogP contribution in [0.3, 0.4) is 0 Å². The molecule has 2 aliphatic rings. The fraction of sp³-hybridized carbons (Fsp3) is 0.923. The van der Waals surface area contributed by atoms with Gasteiger partial charge in [-0.25, -0.2) is 0 Å². The normalized spacial score (nSPS) is 23.9. The van der Waals surface area contributed by atoms with E-state index in [2.05, 4.69) is 15.5 Å². The first-order valence-corrected chi connectivity index (χ1v) is 7.07. The lowest BCUT2D eigenvalue weighted by molar-refractivity contribution is -0.125. The van der Waals surface area contributed by atoms with Crippen molar-refractivity contribution in [3.63, 3.8) is 0 Å². The van der Waals surface area contributed by atoms with Crippen molar-refractivity contribution in [2.45, 2.75) is 32.1 Å². The smallest absolute Gasteiger partial charge is 0.224 e. The van der Waals surface area contributed by atoms with E-state index in [0.717, 1.165) is 39.0 Å². The van der Waals surface area contributed by atoms with Crippen LogP contribution < -0.4 is 10.6 Å². The average Bonchev–Trinajstić information content (AvgIpc) is 2.41. The Labute approximate surface area is 128 Å². The third-order valence-corrected chi connectivity index (χ3v) is 3.84. The van der Waals surface area contributed by atoms with Crippen LogP contribution in [0.15, 0.2) is 0 Å². The lowest BCUT2D eigenvalue weighted by Gasteiger charge is -2.27. The summed E-state index contributed by atoms with van der Waals surface area (Å²) in [6.45, 7) is 6.18. The highest BCUT2D eigenvalue weighted by Crippen LogP contribution is 2.10. The largest absolute Gasteiger partial charge is 0.355 e. The molecule has 0 unspecified atom stereocenters. The molecular weight excluding hydrogens is 285 g/mol. The molecule has 0 spiro atoms. The molecule has 19 heavy (non-hydrogen) atoms. The van der Waals surface area contributed by atoms with E-state index in [1.165, 1.54) is 32.4 Å². The van der Waals surface area contributed by atoms with Gasteiger partial charge in [0.25, 0.3) is 0 Å². The van der Waals surface area contributed by atoms with Crippen molar-refractivity contribution in [2.75, 3.05) is 39.3 Å². The van der Waals surface area contributed by atoms with Gasteiger partial charge in [0.1, 0.15) is 0 Å². The Morgan fingerprint density at radius 1 is 1.16 bits per heavy atom. The van der Waals surface area contributed by atoms with Gasteiger partial charge in [-0.1, -0.05) is 6.42 Å². The SMILES string of the molecule is Cl.Cl.O=C(NCCN1CCCCC1)[C@@H]1CCCNC1. The molecule has 4 nitrogen and oxygen atoms in total. The zero-order chi connectivity index (χ0) is 11.9. The van der Waals surface area contributed by atoms with Gasteiger partial charge in [-0.15, -0.1) is 24.8 Å². The van der Waals surface area contributed by atoms with E-state index in [-0.39, 0.29) is 36.6 Å². The molecule has 0 aromatic carbocycles. The first kappa shape index (κ1) is 19.0. The molecule has 0 aromatic rings. The Morgan fingerprint density at radius 3 is 2.53 bits per heavy atom. The number of nitrogens with one attached hydrogen (secondary N) is 2. The average molecular weight is 312 g/mol. The molecule has 2 aliphatic heterocycles. The van der Waals surface area contributed by atoms with E-state index in [1.807, 2.05) is 0 Å². The van der Waals surface area contributed by atoms with Crippen molar-refractivity contribution in [3.05, 3.63) is 0 Å². The zero-order valence-electron chi connectivity index (χ0n) is 11.5. The van der Waals surface area contributed by atoms with Gasteiger partial charge in [0.15, 0.2) is 0 Å². The highest BCUT2D eigenvalue weighted by Gasteiger charge is 2.20. The van der Waals surface area contributed by atoms with Crippen molar-refractivity contribution in [2.24, 2.45) is 5.92 Å². The molecule has 0 radical (unpaired) electrons. The number of halogens is 2.